The first-order chi connectivity index (χ1) is 11.2. The maximum absolute atomic E-state index is 12.0. The third kappa shape index (κ3) is 3.42. The second-order valence-corrected chi connectivity index (χ2v) is 6.28. The lowest BCUT2D eigenvalue weighted by atomic mass is 9.88. The van der Waals surface area contributed by atoms with Crippen LogP contribution < -0.4 is 0 Å². The summed E-state index contributed by atoms with van der Waals surface area (Å²) in [6.07, 6.45) is 9.94. The Bertz CT molecular complexity index is 690. The van der Waals surface area contributed by atoms with Crippen molar-refractivity contribution >= 4 is 17.6 Å². The lowest BCUT2D eigenvalue weighted by Crippen LogP contribution is -2.12. The summed E-state index contributed by atoms with van der Waals surface area (Å²) in [6.45, 7) is 2.12. The number of ether oxygens (including phenoxy) is 1. The molecule has 3 rings (SSSR count). The van der Waals surface area contributed by atoms with Gasteiger partial charge < -0.3 is 9.30 Å². The number of benzene rings is 1. The largest absolute Gasteiger partial charge is 0.462 e. The highest BCUT2D eigenvalue weighted by Gasteiger charge is 2.21. The molecule has 0 unspecified atom stereocenters. The second kappa shape index (κ2) is 7.18. The fourth-order valence-corrected chi connectivity index (χ4v) is 3.42. The van der Waals surface area contributed by atoms with Gasteiger partial charge in [0.15, 0.2) is 0 Å². The average molecular weight is 333 g/mol. The number of imidazole rings is 1. The van der Waals surface area contributed by atoms with Gasteiger partial charge in [0.1, 0.15) is 5.82 Å². The van der Waals surface area contributed by atoms with Crippen LogP contribution in [0.25, 0.3) is 5.69 Å². The molecule has 122 valence electrons. The van der Waals surface area contributed by atoms with Gasteiger partial charge >= 0.3 is 5.97 Å². The fourth-order valence-electron chi connectivity index (χ4n) is 3.22. The minimum Gasteiger partial charge on any atom is -0.462 e. The molecule has 0 aliphatic heterocycles. The van der Waals surface area contributed by atoms with Crippen molar-refractivity contribution in [2.24, 2.45) is 0 Å². The van der Waals surface area contributed by atoms with Gasteiger partial charge in [-0.1, -0.05) is 30.9 Å². The number of nitrogens with zero attached hydrogens (tertiary/aromatic N) is 2. The molecule has 0 bridgehead atoms. The number of carbonyl (C=O) groups excluding carboxylic acids is 1. The lowest BCUT2D eigenvalue weighted by Gasteiger charge is -2.22. The maximum Gasteiger partial charge on any atom is 0.339 e. The van der Waals surface area contributed by atoms with E-state index in [4.69, 9.17) is 16.3 Å². The van der Waals surface area contributed by atoms with Crippen molar-refractivity contribution in [3.05, 3.63) is 47.0 Å². The van der Waals surface area contributed by atoms with Gasteiger partial charge in [0.2, 0.25) is 0 Å². The van der Waals surface area contributed by atoms with Crippen LogP contribution in [0.5, 0.6) is 0 Å². The summed E-state index contributed by atoms with van der Waals surface area (Å²) in [5.41, 5.74) is 1.30. The van der Waals surface area contributed by atoms with Gasteiger partial charge in [-0.2, -0.15) is 0 Å². The molecule has 1 fully saturated rings. The zero-order valence-electron chi connectivity index (χ0n) is 13.3. The topological polar surface area (TPSA) is 44.1 Å². The summed E-state index contributed by atoms with van der Waals surface area (Å²) in [7, 11) is 0. The van der Waals surface area contributed by atoms with E-state index in [1.54, 1.807) is 19.1 Å². The summed E-state index contributed by atoms with van der Waals surface area (Å²) in [4.78, 5) is 16.6. The molecule has 23 heavy (non-hydrogen) atoms. The Morgan fingerprint density at radius 2 is 2.13 bits per heavy atom. The van der Waals surface area contributed by atoms with Crippen molar-refractivity contribution in [3.8, 4) is 5.69 Å². The number of esters is 1. The SMILES string of the molecule is CCOC(=O)c1cc(-n2ccnc2C2CCCCC2)ccc1Cl. The smallest absolute Gasteiger partial charge is 0.339 e. The predicted octanol–water partition coefficient (Wildman–Crippen LogP) is 4.75. The zero-order valence-corrected chi connectivity index (χ0v) is 14.1. The molecule has 0 spiro atoms. The molecule has 1 aliphatic carbocycles. The van der Waals surface area contributed by atoms with E-state index in [0.29, 0.717) is 23.1 Å². The van der Waals surface area contributed by atoms with Crippen LogP contribution in [0.3, 0.4) is 0 Å². The van der Waals surface area contributed by atoms with Crippen molar-refractivity contribution in [2.75, 3.05) is 6.61 Å². The Kier molecular flexibility index (Phi) is 5.01. The quantitative estimate of drug-likeness (QED) is 0.759. The predicted molar refractivity (Wildman–Crippen MR) is 90.4 cm³/mol. The van der Waals surface area contributed by atoms with E-state index in [0.717, 1.165) is 11.5 Å². The van der Waals surface area contributed by atoms with Crippen LogP contribution in [-0.2, 0) is 4.74 Å². The molecular weight excluding hydrogens is 312 g/mol. The van der Waals surface area contributed by atoms with E-state index in [-0.39, 0.29) is 0 Å². The number of halogens is 1. The minimum absolute atomic E-state index is 0.331. The standard InChI is InChI=1S/C18H21ClN2O2/c1-2-23-18(22)15-12-14(8-9-16(15)19)21-11-10-20-17(21)13-6-4-3-5-7-13/h8-13H,2-7H2,1H3. The van der Waals surface area contributed by atoms with E-state index < -0.39 is 5.97 Å². The third-order valence-corrected chi connectivity index (χ3v) is 4.69. The molecule has 0 N–H and O–H groups in total. The highest BCUT2D eigenvalue weighted by molar-refractivity contribution is 6.33. The molecule has 0 saturated heterocycles. The number of carbonyl (C=O) groups is 1. The van der Waals surface area contributed by atoms with Crippen LogP contribution in [0.2, 0.25) is 5.02 Å². The highest BCUT2D eigenvalue weighted by Crippen LogP contribution is 2.33. The van der Waals surface area contributed by atoms with Gasteiger partial charge in [0.25, 0.3) is 0 Å². The van der Waals surface area contributed by atoms with Gasteiger partial charge in [-0.05, 0) is 38.0 Å². The average Bonchev–Trinajstić information content (AvgIpc) is 3.06. The van der Waals surface area contributed by atoms with Gasteiger partial charge in [0, 0.05) is 24.0 Å². The van der Waals surface area contributed by atoms with Gasteiger partial charge in [-0.15, -0.1) is 0 Å². The molecule has 2 aromatic rings. The van der Waals surface area contributed by atoms with Crippen LogP contribution in [0, 0.1) is 0 Å². The Morgan fingerprint density at radius 1 is 1.35 bits per heavy atom. The van der Waals surface area contributed by atoms with Crippen molar-refractivity contribution < 1.29 is 9.53 Å². The first-order valence-corrected chi connectivity index (χ1v) is 8.58. The summed E-state index contributed by atoms with van der Waals surface area (Å²) in [6, 6.07) is 5.45. The molecule has 0 radical (unpaired) electrons. The van der Waals surface area contributed by atoms with E-state index >= 15 is 0 Å². The van der Waals surface area contributed by atoms with Crippen molar-refractivity contribution in [3.63, 3.8) is 0 Å². The first-order valence-electron chi connectivity index (χ1n) is 8.21. The number of rotatable bonds is 4. The summed E-state index contributed by atoms with van der Waals surface area (Å²) < 4.78 is 7.14. The molecule has 1 aromatic heterocycles. The van der Waals surface area contributed by atoms with E-state index in [2.05, 4.69) is 9.55 Å². The van der Waals surface area contributed by atoms with Crippen LogP contribution in [0.15, 0.2) is 30.6 Å². The molecule has 1 aromatic carbocycles. The van der Waals surface area contributed by atoms with Gasteiger partial charge in [-0.25, -0.2) is 9.78 Å². The van der Waals surface area contributed by atoms with E-state index in [9.17, 15) is 4.79 Å². The second-order valence-electron chi connectivity index (χ2n) is 5.87. The zero-order chi connectivity index (χ0) is 16.2. The van der Waals surface area contributed by atoms with E-state index in [1.165, 1.54) is 32.1 Å². The molecular formula is C18H21ClN2O2. The summed E-state index contributed by atoms with van der Waals surface area (Å²) in [5, 5.41) is 0.409. The van der Waals surface area contributed by atoms with E-state index in [1.807, 2.05) is 18.5 Å². The van der Waals surface area contributed by atoms with Crippen molar-refractivity contribution in [2.45, 2.75) is 44.9 Å². The molecule has 1 saturated carbocycles. The number of hydrogen-bond acceptors (Lipinski definition) is 3. The van der Waals surface area contributed by atoms with Crippen LogP contribution in [-0.4, -0.2) is 22.1 Å². The van der Waals surface area contributed by atoms with Gasteiger partial charge in [-0.3, -0.25) is 0 Å². The molecule has 4 nitrogen and oxygen atoms in total. The Balaban J connectivity index is 1.95. The van der Waals surface area contributed by atoms with Gasteiger partial charge in [0.05, 0.1) is 17.2 Å². The molecule has 0 atom stereocenters. The molecule has 5 heteroatoms. The molecule has 1 heterocycles. The summed E-state index contributed by atoms with van der Waals surface area (Å²) in [5.74, 6) is 1.17. The number of aromatic nitrogens is 2. The normalized spacial score (nSPS) is 15.6. The highest BCUT2D eigenvalue weighted by atomic mass is 35.5. The maximum atomic E-state index is 12.0. The number of hydrogen-bond donors (Lipinski definition) is 0. The fraction of sp³-hybridized carbons (Fsp3) is 0.444. The monoisotopic (exact) mass is 332 g/mol. The summed E-state index contributed by atoms with van der Waals surface area (Å²) >= 11 is 6.15. The van der Waals surface area contributed by atoms with Crippen molar-refractivity contribution in [1.82, 2.24) is 9.55 Å². The Hall–Kier alpha value is -1.81. The molecule has 1 aliphatic rings. The van der Waals surface area contributed by atoms with Crippen molar-refractivity contribution in [1.29, 1.82) is 0 Å². The Labute approximate surface area is 141 Å². The molecule has 0 amide bonds. The van der Waals surface area contributed by atoms with Crippen LogP contribution in [0.4, 0.5) is 0 Å². The van der Waals surface area contributed by atoms with Crippen LogP contribution >= 0.6 is 11.6 Å². The lowest BCUT2D eigenvalue weighted by molar-refractivity contribution is 0.0526. The Morgan fingerprint density at radius 3 is 2.87 bits per heavy atom. The first kappa shape index (κ1) is 16.1. The third-order valence-electron chi connectivity index (χ3n) is 4.36. The van der Waals surface area contributed by atoms with Crippen LogP contribution in [0.1, 0.15) is 61.1 Å². The minimum atomic E-state index is -0.390.